The number of aliphatic imine (C=N–C) groups is 1. The molecule has 0 unspecified atom stereocenters. The van der Waals surface area contributed by atoms with Crippen LogP contribution in [-0.2, 0) is 4.79 Å². The molecule has 0 radical (unpaired) electrons. The van der Waals surface area contributed by atoms with E-state index < -0.39 is 0 Å². The number of nitrogens with zero attached hydrogens (tertiary/aromatic N) is 2. The van der Waals surface area contributed by atoms with E-state index in [1.807, 2.05) is 30.3 Å². The van der Waals surface area contributed by atoms with Crippen molar-refractivity contribution in [3.63, 3.8) is 0 Å². The third-order valence-corrected chi connectivity index (χ3v) is 4.04. The first kappa shape index (κ1) is 12.4. The summed E-state index contributed by atoms with van der Waals surface area (Å²) < 4.78 is 1.03. The molecule has 0 bridgehead atoms. The molecule has 0 aliphatic carbocycles. The van der Waals surface area contributed by atoms with Crippen LogP contribution in [0.3, 0.4) is 0 Å². The Hall–Kier alpha value is -1.07. The van der Waals surface area contributed by atoms with Gasteiger partial charge in [-0.3, -0.25) is 14.7 Å². The summed E-state index contributed by atoms with van der Waals surface area (Å²) in [6, 6.07) is 7.84. The molecule has 0 atom stereocenters. The number of halogens is 1. The average Bonchev–Trinajstić information content (AvgIpc) is 2.60. The Morgan fingerprint density at radius 1 is 1.35 bits per heavy atom. The molecule has 0 aromatic heterocycles. The Morgan fingerprint density at radius 2 is 2.00 bits per heavy atom. The molecule has 1 aromatic rings. The van der Waals surface area contributed by atoms with Gasteiger partial charge >= 0.3 is 0 Å². The smallest absolute Gasteiger partial charge is 0.266 e. The Labute approximate surface area is 113 Å². The molecule has 17 heavy (non-hydrogen) atoms. The lowest BCUT2D eigenvalue weighted by Crippen LogP contribution is -2.23. The van der Waals surface area contributed by atoms with Crippen LogP contribution in [0.1, 0.15) is 5.56 Å². The van der Waals surface area contributed by atoms with Gasteiger partial charge in [0, 0.05) is 18.6 Å². The standard InChI is InChI=1S/C12H11BrN2OS/c1-14-12-15(2)11(16)10(17-12)7-8-3-5-9(13)6-4-8/h3-7H,1-2H3/b10-7+,14-12?. The maximum Gasteiger partial charge on any atom is 0.266 e. The SMILES string of the molecule is CN=C1S/C(=C/c2ccc(Br)cc2)C(=O)N1C. The zero-order valence-electron chi connectivity index (χ0n) is 9.48. The van der Waals surface area contributed by atoms with Crippen molar-refractivity contribution in [2.75, 3.05) is 14.1 Å². The Balaban J connectivity index is 2.30. The van der Waals surface area contributed by atoms with Crippen molar-refractivity contribution in [1.82, 2.24) is 4.90 Å². The number of amides is 1. The number of benzene rings is 1. The summed E-state index contributed by atoms with van der Waals surface area (Å²) in [6.07, 6.45) is 1.88. The van der Waals surface area contributed by atoms with E-state index in [2.05, 4.69) is 20.9 Å². The monoisotopic (exact) mass is 310 g/mol. The molecule has 1 heterocycles. The van der Waals surface area contributed by atoms with Crippen LogP contribution < -0.4 is 0 Å². The highest BCUT2D eigenvalue weighted by Crippen LogP contribution is 2.31. The molecule has 1 aromatic carbocycles. The van der Waals surface area contributed by atoms with Crippen LogP contribution in [0.15, 0.2) is 38.6 Å². The van der Waals surface area contributed by atoms with E-state index in [0.29, 0.717) is 4.91 Å². The van der Waals surface area contributed by atoms with E-state index >= 15 is 0 Å². The summed E-state index contributed by atoms with van der Waals surface area (Å²) in [5.41, 5.74) is 1.01. The Bertz CT molecular complexity index is 508. The fraction of sp³-hybridized carbons (Fsp3) is 0.167. The van der Waals surface area contributed by atoms with Gasteiger partial charge in [0.1, 0.15) is 0 Å². The van der Waals surface area contributed by atoms with E-state index in [1.54, 1.807) is 19.0 Å². The molecule has 3 nitrogen and oxygen atoms in total. The lowest BCUT2D eigenvalue weighted by Gasteiger charge is -2.05. The minimum Gasteiger partial charge on any atom is -0.290 e. The van der Waals surface area contributed by atoms with Crippen LogP contribution in [0, 0.1) is 0 Å². The molecular weight excluding hydrogens is 300 g/mol. The van der Waals surface area contributed by atoms with Crippen molar-refractivity contribution in [2.45, 2.75) is 0 Å². The molecule has 2 rings (SSSR count). The van der Waals surface area contributed by atoms with Gasteiger partial charge in [-0.1, -0.05) is 28.1 Å². The van der Waals surface area contributed by atoms with Crippen LogP contribution >= 0.6 is 27.7 Å². The summed E-state index contributed by atoms with van der Waals surface area (Å²) in [7, 11) is 3.43. The van der Waals surface area contributed by atoms with Crippen LogP contribution in [0.2, 0.25) is 0 Å². The number of thioether (sulfide) groups is 1. The fourth-order valence-electron chi connectivity index (χ4n) is 1.46. The largest absolute Gasteiger partial charge is 0.290 e. The van der Waals surface area contributed by atoms with Crippen molar-refractivity contribution in [3.8, 4) is 0 Å². The molecule has 1 fully saturated rings. The molecule has 1 amide bonds. The summed E-state index contributed by atoms with van der Waals surface area (Å²) in [6.45, 7) is 0. The van der Waals surface area contributed by atoms with Gasteiger partial charge in [-0.05, 0) is 35.5 Å². The zero-order valence-corrected chi connectivity index (χ0v) is 11.9. The molecule has 0 N–H and O–H groups in total. The maximum atomic E-state index is 11.9. The Morgan fingerprint density at radius 3 is 2.53 bits per heavy atom. The number of amidine groups is 1. The number of carbonyl (C=O) groups excluding carboxylic acids is 1. The number of likely N-dealkylation sites (N-methyl/N-ethyl adjacent to an activating group) is 1. The summed E-state index contributed by atoms with van der Waals surface area (Å²) in [5.74, 6) is -0.00137. The molecule has 1 aliphatic rings. The molecule has 88 valence electrons. The zero-order chi connectivity index (χ0) is 12.4. The predicted octanol–water partition coefficient (Wildman–Crippen LogP) is 2.98. The van der Waals surface area contributed by atoms with Crippen LogP contribution in [0.25, 0.3) is 6.08 Å². The minimum absolute atomic E-state index is 0.00137. The van der Waals surface area contributed by atoms with Gasteiger partial charge in [-0.2, -0.15) is 0 Å². The van der Waals surface area contributed by atoms with Gasteiger partial charge in [-0.25, -0.2) is 0 Å². The van der Waals surface area contributed by atoms with Crippen molar-refractivity contribution in [3.05, 3.63) is 39.2 Å². The fourth-order valence-corrected chi connectivity index (χ4v) is 2.65. The molecule has 0 spiro atoms. The van der Waals surface area contributed by atoms with Gasteiger partial charge in [0.05, 0.1) is 4.91 Å². The number of carbonyl (C=O) groups is 1. The van der Waals surface area contributed by atoms with Gasteiger partial charge in [0.15, 0.2) is 5.17 Å². The first-order valence-corrected chi connectivity index (χ1v) is 6.62. The predicted molar refractivity (Wildman–Crippen MR) is 75.8 cm³/mol. The second kappa shape index (κ2) is 5.06. The van der Waals surface area contributed by atoms with E-state index in [9.17, 15) is 4.79 Å². The van der Waals surface area contributed by atoms with E-state index in [-0.39, 0.29) is 5.91 Å². The average molecular weight is 311 g/mol. The third kappa shape index (κ3) is 2.61. The van der Waals surface area contributed by atoms with Gasteiger partial charge in [0.25, 0.3) is 5.91 Å². The number of hydrogen-bond acceptors (Lipinski definition) is 3. The van der Waals surface area contributed by atoms with Crippen LogP contribution in [0.5, 0.6) is 0 Å². The third-order valence-electron chi connectivity index (χ3n) is 2.36. The van der Waals surface area contributed by atoms with Gasteiger partial charge in [0.2, 0.25) is 0 Å². The van der Waals surface area contributed by atoms with Crippen molar-refractivity contribution in [2.24, 2.45) is 4.99 Å². The van der Waals surface area contributed by atoms with E-state index in [0.717, 1.165) is 15.2 Å². The topological polar surface area (TPSA) is 32.7 Å². The molecular formula is C12H11BrN2OS. The second-order valence-corrected chi connectivity index (χ2v) is 5.46. The Kier molecular flexibility index (Phi) is 3.69. The minimum atomic E-state index is -0.00137. The van der Waals surface area contributed by atoms with Crippen LogP contribution in [0.4, 0.5) is 0 Å². The van der Waals surface area contributed by atoms with Gasteiger partial charge in [-0.15, -0.1) is 0 Å². The highest BCUT2D eigenvalue weighted by Gasteiger charge is 2.29. The summed E-state index contributed by atoms with van der Waals surface area (Å²) in [5, 5.41) is 0.735. The lowest BCUT2D eigenvalue weighted by molar-refractivity contribution is -0.121. The molecule has 0 saturated carbocycles. The quantitative estimate of drug-likeness (QED) is 0.747. The number of rotatable bonds is 1. The van der Waals surface area contributed by atoms with Crippen LogP contribution in [-0.4, -0.2) is 30.1 Å². The maximum absolute atomic E-state index is 11.9. The summed E-state index contributed by atoms with van der Waals surface area (Å²) >= 11 is 4.78. The summed E-state index contributed by atoms with van der Waals surface area (Å²) in [4.78, 5) is 18.2. The van der Waals surface area contributed by atoms with Crippen molar-refractivity contribution in [1.29, 1.82) is 0 Å². The highest BCUT2D eigenvalue weighted by atomic mass is 79.9. The first-order valence-electron chi connectivity index (χ1n) is 5.02. The van der Waals surface area contributed by atoms with E-state index in [1.165, 1.54) is 11.8 Å². The highest BCUT2D eigenvalue weighted by molar-refractivity contribution is 9.10. The molecule has 1 saturated heterocycles. The first-order chi connectivity index (χ1) is 8.11. The van der Waals surface area contributed by atoms with Crippen molar-refractivity contribution >= 4 is 44.8 Å². The van der Waals surface area contributed by atoms with E-state index in [4.69, 9.17) is 0 Å². The lowest BCUT2D eigenvalue weighted by atomic mass is 10.2. The van der Waals surface area contributed by atoms with Crippen molar-refractivity contribution < 1.29 is 4.79 Å². The molecule has 1 aliphatic heterocycles. The van der Waals surface area contributed by atoms with Gasteiger partial charge < -0.3 is 0 Å². The number of hydrogen-bond donors (Lipinski definition) is 0. The normalized spacial score (nSPS) is 20.6. The second-order valence-electron chi connectivity index (χ2n) is 3.53. The molecule has 5 heteroatoms.